The van der Waals surface area contributed by atoms with Crippen LogP contribution in [0, 0.1) is 5.41 Å². The van der Waals surface area contributed by atoms with Gasteiger partial charge < -0.3 is 5.11 Å². The van der Waals surface area contributed by atoms with E-state index in [1.807, 2.05) is 20.8 Å². The van der Waals surface area contributed by atoms with Gasteiger partial charge in [0.2, 0.25) is 0 Å². The molecule has 0 aromatic heterocycles. The zero-order valence-electron chi connectivity index (χ0n) is 6.79. The van der Waals surface area contributed by atoms with Gasteiger partial charge >= 0.3 is 6.16 Å². The van der Waals surface area contributed by atoms with Gasteiger partial charge in [-0.3, -0.25) is 0 Å². The van der Waals surface area contributed by atoms with Crippen molar-refractivity contribution in [2.45, 2.75) is 20.8 Å². The standard InChI is InChI=1S/C6H12O5/c1-6(2,3)4-9-11-10-5(7)8/h4H2,1-3H3,(H,7,8). The minimum atomic E-state index is -1.53. The van der Waals surface area contributed by atoms with Crippen LogP contribution in [0.2, 0.25) is 0 Å². The number of carbonyl (C=O) groups is 1. The summed E-state index contributed by atoms with van der Waals surface area (Å²) in [6.07, 6.45) is -1.53. The van der Waals surface area contributed by atoms with Crippen LogP contribution in [0.15, 0.2) is 0 Å². The Bertz CT molecular complexity index is 125. The van der Waals surface area contributed by atoms with E-state index in [9.17, 15) is 4.79 Å². The highest BCUT2D eigenvalue weighted by Gasteiger charge is 2.11. The molecule has 0 aromatic carbocycles. The van der Waals surface area contributed by atoms with Crippen LogP contribution in [0.3, 0.4) is 0 Å². The highest BCUT2D eigenvalue weighted by Crippen LogP contribution is 2.12. The molecule has 0 aromatic rings. The molecule has 0 amide bonds. The third-order valence-corrected chi connectivity index (χ3v) is 0.645. The van der Waals surface area contributed by atoms with Gasteiger partial charge in [0.05, 0.1) is 6.61 Å². The summed E-state index contributed by atoms with van der Waals surface area (Å²) in [6.45, 7) is 6.01. The molecule has 0 rings (SSSR count). The van der Waals surface area contributed by atoms with E-state index in [4.69, 9.17) is 5.11 Å². The second-order valence-electron chi connectivity index (χ2n) is 3.24. The number of rotatable bonds is 3. The smallest absolute Gasteiger partial charge is 0.448 e. The average Bonchev–Trinajstić information content (AvgIpc) is 1.78. The summed E-state index contributed by atoms with van der Waals surface area (Å²) in [5.41, 5.74) is -0.0815. The SMILES string of the molecule is CC(C)(C)COOOC(=O)O. The van der Waals surface area contributed by atoms with Crippen LogP contribution in [0.1, 0.15) is 20.8 Å². The van der Waals surface area contributed by atoms with Crippen LogP contribution in [0.25, 0.3) is 0 Å². The summed E-state index contributed by atoms with van der Waals surface area (Å²) in [7, 11) is 0. The molecule has 66 valence electrons. The highest BCUT2D eigenvalue weighted by molar-refractivity contribution is 5.55. The predicted molar refractivity (Wildman–Crippen MR) is 35.6 cm³/mol. The first-order valence-electron chi connectivity index (χ1n) is 3.11. The van der Waals surface area contributed by atoms with Crippen LogP contribution >= 0.6 is 0 Å². The molecule has 11 heavy (non-hydrogen) atoms. The zero-order valence-corrected chi connectivity index (χ0v) is 6.79. The number of carboxylic acid groups (broad SMARTS) is 1. The molecule has 0 aliphatic rings. The quantitative estimate of drug-likeness (QED) is 0.390. The third kappa shape index (κ3) is 9.19. The lowest BCUT2D eigenvalue weighted by Crippen LogP contribution is -2.15. The fourth-order valence-electron chi connectivity index (χ4n) is 0.254. The van der Waals surface area contributed by atoms with Crippen molar-refractivity contribution < 1.29 is 24.7 Å². The van der Waals surface area contributed by atoms with Gasteiger partial charge in [-0.25, -0.2) is 9.68 Å². The van der Waals surface area contributed by atoms with E-state index in [0.717, 1.165) is 0 Å². The van der Waals surface area contributed by atoms with E-state index in [0.29, 0.717) is 0 Å². The molecule has 0 fully saturated rings. The van der Waals surface area contributed by atoms with Crippen LogP contribution in [0.5, 0.6) is 0 Å². The first kappa shape index (κ1) is 10.2. The van der Waals surface area contributed by atoms with Gasteiger partial charge in [-0.2, -0.15) is 4.89 Å². The van der Waals surface area contributed by atoms with Gasteiger partial charge in [-0.05, 0) is 10.5 Å². The Labute approximate surface area is 64.7 Å². The summed E-state index contributed by atoms with van der Waals surface area (Å²) in [5, 5.41) is 11.8. The Morgan fingerprint density at radius 3 is 2.36 bits per heavy atom. The van der Waals surface area contributed by atoms with Gasteiger partial charge in [0.15, 0.2) is 0 Å². The van der Waals surface area contributed by atoms with Gasteiger partial charge in [0, 0.05) is 0 Å². The maximum absolute atomic E-state index is 9.70. The summed E-state index contributed by atoms with van der Waals surface area (Å²) < 4.78 is 0. The normalized spacial score (nSPS) is 11.2. The molecule has 0 radical (unpaired) electrons. The second kappa shape index (κ2) is 4.15. The lowest BCUT2D eigenvalue weighted by molar-refractivity contribution is -0.490. The van der Waals surface area contributed by atoms with E-state index in [-0.39, 0.29) is 12.0 Å². The molecule has 5 nitrogen and oxygen atoms in total. The lowest BCUT2D eigenvalue weighted by atomic mass is 9.99. The van der Waals surface area contributed by atoms with Crippen LogP contribution < -0.4 is 0 Å². The number of hydrogen-bond acceptors (Lipinski definition) is 4. The van der Waals surface area contributed by atoms with Crippen LogP contribution in [0.4, 0.5) is 4.79 Å². The molecule has 0 unspecified atom stereocenters. The average molecular weight is 164 g/mol. The number of hydrogen-bond donors (Lipinski definition) is 1. The Balaban J connectivity index is 3.22. The third-order valence-electron chi connectivity index (χ3n) is 0.645. The van der Waals surface area contributed by atoms with Crippen molar-refractivity contribution in [3.05, 3.63) is 0 Å². The van der Waals surface area contributed by atoms with Crippen molar-refractivity contribution in [3.8, 4) is 0 Å². The fourth-order valence-corrected chi connectivity index (χ4v) is 0.254. The van der Waals surface area contributed by atoms with Crippen molar-refractivity contribution in [3.63, 3.8) is 0 Å². The van der Waals surface area contributed by atoms with Crippen molar-refractivity contribution in [2.24, 2.45) is 5.41 Å². The Kier molecular flexibility index (Phi) is 3.84. The summed E-state index contributed by atoms with van der Waals surface area (Å²) in [6, 6.07) is 0. The Morgan fingerprint density at radius 1 is 1.45 bits per heavy atom. The molecule has 0 aliphatic heterocycles. The first-order chi connectivity index (χ1) is 4.92. The molecular formula is C6H12O5. The molecule has 0 spiro atoms. The zero-order chi connectivity index (χ0) is 8.91. The monoisotopic (exact) mass is 164 g/mol. The summed E-state index contributed by atoms with van der Waals surface area (Å²) in [5.74, 6) is 0. The fraction of sp³-hybridized carbons (Fsp3) is 0.833. The lowest BCUT2D eigenvalue weighted by Gasteiger charge is -2.14. The van der Waals surface area contributed by atoms with Crippen LogP contribution in [-0.4, -0.2) is 17.9 Å². The van der Waals surface area contributed by atoms with Crippen LogP contribution in [-0.2, 0) is 14.8 Å². The molecule has 0 atom stereocenters. The van der Waals surface area contributed by atoms with Gasteiger partial charge in [-0.1, -0.05) is 20.8 Å². The maximum atomic E-state index is 9.70. The predicted octanol–water partition coefficient (Wildman–Crippen LogP) is 1.59. The van der Waals surface area contributed by atoms with Crippen molar-refractivity contribution >= 4 is 6.16 Å². The first-order valence-corrected chi connectivity index (χ1v) is 3.11. The molecular weight excluding hydrogens is 152 g/mol. The largest absolute Gasteiger partial charge is 0.540 e. The Morgan fingerprint density at radius 2 is 2.00 bits per heavy atom. The van der Waals surface area contributed by atoms with E-state index in [2.05, 4.69) is 14.8 Å². The molecule has 1 N–H and O–H groups in total. The second-order valence-corrected chi connectivity index (χ2v) is 3.24. The Hall–Kier alpha value is -0.810. The van der Waals surface area contributed by atoms with Crippen molar-refractivity contribution in [1.29, 1.82) is 0 Å². The molecule has 0 saturated carbocycles. The summed E-state index contributed by atoms with van der Waals surface area (Å²) >= 11 is 0. The molecule has 0 saturated heterocycles. The molecule has 5 heteroatoms. The molecule has 0 heterocycles. The van der Waals surface area contributed by atoms with Gasteiger partial charge in [0.25, 0.3) is 0 Å². The minimum Gasteiger partial charge on any atom is -0.448 e. The van der Waals surface area contributed by atoms with E-state index in [1.165, 1.54) is 0 Å². The summed E-state index contributed by atoms with van der Waals surface area (Å²) in [4.78, 5) is 17.7. The van der Waals surface area contributed by atoms with E-state index in [1.54, 1.807) is 0 Å². The topological polar surface area (TPSA) is 65.0 Å². The maximum Gasteiger partial charge on any atom is 0.540 e. The molecule has 0 aliphatic carbocycles. The molecule has 0 bridgehead atoms. The highest BCUT2D eigenvalue weighted by atomic mass is 17.5. The minimum absolute atomic E-state index is 0.0815. The van der Waals surface area contributed by atoms with Crippen molar-refractivity contribution in [2.75, 3.05) is 6.61 Å². The van der Waals surface area contributed by atoms with E-state index < -0.39 is 6.16 Å². The van der Waals surface area contributed by atoms with Crippen molar-refractivity contribution in [1.82, 2.24) is 0 Å². The van der Waals surface area contributed by atoms with Gasteiger partial charge in [-0.15, -0.1) is 0 Å². The van der Waals surface area contributed by atoms with E-state index >= 15 is 0 Å². The van der Waals surface area contributed by atoms with Gasteiger partial charge in [0.1, 0.15) is 0 Å².